The minimum absolute atomic E-state index is 0.00691. The van der Waals surface area contributed by atoms with Gasteiger partial charge < -0.3 is 9.52 Å². The number of rotatable bonds is 6. The molecule has 0 amide bonds. The van der Waals surface area contributed by atoms with Gasteiger partial charge in [0.15, 0.2) is 15.1 Å². The molecule has 170 valence electrons. The number of H-pyrrole nitrogens is 1. The van der Waals surface area contributed by atoms with Gasteiger partial charge in [0.25, 0.3) is 0 Å². The fraction of sp³-hybridized carbons (Fsp3) is 0.211. The van der Waals surface area contributed by atoms with Crippen LogP contribution in [0.15, 0.2) is 39.8 Å². The average molecular weight is 505 g/mol. The zero-order valence-corrected chi connectivity index (χ0v) is 19.7. The lowest BCUT2D eigenvalue weighted by molar-refractivity contribution is 0.438. The molecular weight excluding hydrogens is 488 g/mol. The van der Waals surface area contributed by atoms with Crippen LogP contribution in [-0.2, 0) is 23.3 Å². The Labute approximate surface area is 194 Å². The maximum Gasteiger partial charge on any atom is 0.307 e. The number of nitrogens with one attached hydrogen (secondary N) is 1. The number of aromatic hydroxyl groups is 1. The van der Waals surface area contributed by atoms with Crippen molar-refractivity contribution >= 4 is 42.7 Å². The molecule has 4 heterocycles. The number of sulfone groups is 1. The molecule has 0 saturated heterocycles. The normalized spacial score (nSPS) is 13.0. The Morgan fingerprint density at radius 1 is 1.24 bits per heavy atom. The van der Waals surface area contributed by atoms with Crippen LogP contribution < -0.4 is 4.87 Å². The van der Waals surface area contributed by atoms with E-state index >= 15 is 0 Å². The zero-order chi connectivity index (χ0) is 23.3. The summed E-state index contributed by atoms with van der Waals surface area (Å²) < 4.78 is 33.5. The number of fused-ring (bicyclic) bond motifs is 1. The van der Waals surface area contributed by atoms with Crippen LogP contribution in [0.4, 0.5) is 0 Å². The van der Waals surface area contributed by atoms with E-state index in [0.29, 0.717) is 15.4 Å². The van der Waals surface area contributed by atoms with Crippen molar-refractivity contribution in [3.05, 3.63) is 61.9 Å². The summed E-state index contributed by atoms with van der Waals surface area (Å²) in [5.74, 6) is -0.328. The third-order valence-corrected chi connectivity index (χ3v) is 8.20. The molecule has 1 aromatic carbocycles. The summed E-state index contributed by atoms with van der Waals surface area (Å²) in [7, 11) is -1.87. The number of benzene rings is 1. The summed E-state index contributed by atoms with van der Waals surface area (Å²) in [6.45, 7) is 0. The van der Waals surface area contributed by atoms with E-state index in [1.165, 1.54) is 11.3 Å². The number of aryl methyl sites for hydroxylation is 1. The van der Waals surface area contributed by atoms with Crippen molar-refractivity contribution in [2.45, 2.75) is 11.7 Å². The molecule has 0 aliphatic heterocycles. The van der Waals surface area contributed by atoms with Crippen molar-refractivity contribution in [2.24, 2.45) is 7.05 Å². The van der Waals surface area contributed by atoms with E-state index in [1.54, 1.807) is 10.9 Å². The van der Waals surface area contributed by atoms with Gasteiger partial charge in [0.1, 0.15) is 5.01 Å². The Morgan fingerprint density at radius 2 is 2.06 bits per heavy atom. The summed E-state index contributed by atoms with van der Waals surface area (Å²) in [6, 6.07) is 5.66. The largest absolute Gasteiger partial charge is 0.494 e. The molecule has 0 aliphatic carbocycles. The molecule has 0 bridgehead atoms. The van der Waals surface area contributed by atoms with Crippen LogP contribution in [0.2, 0.25) is 0 Å². The van der Waals surface area contributed by atoms with Crippen LogP contribution in [0.1, 0.15) is 26.9 Å². The van der Waals surface area contributed by atoms with Gasteiger partial charge in [-0.2, -0.15) is 5.10 Å². The fourth-order valence-electron chi connectivity index (χ4n) is 3.33. The van der Waals surface area contributed by atoms with Gasteiger partial charge in [-0.1, -0.05) is 17.4 Å². The quantitative estimate of drug-likeness (QED) is 0.354. The molecular formula is C19H16N6O5S3. The molecule has 0 saturated carbocycles. The zero-order valence-electron chi connectivity index (χ0n) is 17.2. The molecule has 5 rings (SSSR count). The van der Waals surface area contributed by atoms with E-state index in [4.69, 9.17) is 4.42 Å². The average Bonchev–Trinajstić information content (AvgIpc) is 3.50. The minimum atomic E-state index is -3.71. The van der Waals surface area contributed by atoms with Crippen molar-refractivity contribution in [1.82, 2.24) is 29.9 Å². The topological polar surface area (TPSA) is 157 Å². The minimum Gasteiger partial charge on any atom is -0.494 e. The molecule has 0 radical (unpaired) electrons. The van der Waals surface area contributed by atoms with Gasteiger partial charge in [-0.3, -0.25) is 14.5 Å². The summed E-state index contributed by atoms with van der Waals surface area (Å²) >= 11 is 2.04. The maximum absolute atomic E-state index is 12.7. The van der Waals surface area contributed by atoms with E-state index in [-0.39, 0.29) is 24.1 Å². The first-order valence-corrected chi connectivity index (χ1v) is 13.1. The van der Waals surface area contributed by atoms with Crippen LogP contribution in [0.5, 0.6) is 5.88 Å². The van der Waals surface area contributed by atoms with Gasteiger partial charge in [0.05, 0.1) is 27.7 Å². The SMILES string of the molecule is Cn1cc(-c2ccc3nc(C(c4nnc(Cc5sc(=O)[nH]c5O)o4)S(C)(=O)=O)sc3c2)cn1. The lowest BCUT2D eigenvalue weighted by atomic mass is 10.1. The van der Waals surface area contributed by atoms with Crippen molar-refractivity contribution in [2.75, 3.05) is 6.26 Å². The summed E-state index contributed by atoms with van der Waals surface area (Å²) in [4.78, 5) is 18.0. The highest BCUT2D eigenvalue weighted by atomic mass is 32.2. The first-order valence-electron chi connectivity index (χ1n) is 9.49. The molecule has 2 N–H and O–H groups in total. The highest BCUT2D eigenvalue weighted by molar-refractivity contribution is 7.91. The second kappa shape index (κ2) is 7.90. The fourth-order valence-corrected chi connectivity index (χ4v) is 6.57. The van der Waals surface area contributed by atoms with Crippen molar-refractivity contribution in [3.63, 3.8) is 0 Å². The van der Waals surface area contributed by atoms with Crippen molar-refractivity contribution in [3.8, 4) is 17.0 Å². The Hall–Kier alpha value is -3.36. The third kappa shape index (κ3) is 4.19. The standard InChI is InChI=1S/C19H16N6O5S3/c1-25-8-10(7-20-25)9-3-4-11-12(5-9)31-18(21-11)15(33(2,28)29)17-24-23-14(30-17)6-13-16(26)22-19(27)32-13/h3-5,7-8,15,26H,6H2,1-2H3,(H,22,27). The molecule has 5 aromatic rings. The molecule has 1 unspecified atom stereocenters. The number of aromatic nitrogens is 6. The van der Waals surface area contributed by atoms with Gasteiger partial charge in [-0.05, 0) is 17.7 Å². The maximum atomic E-state index is 12.7. The number of aromatic amines is 1. The number of hydrogen-bond acceptors (Lipinski definition) is 11. The first kappa shape index (κ1) is 21.5. The summed E-state index contributed by atoms with van der Waals surface area (Å²) in [5.41, 5.74) is 2.52. The van der Waals surface area contributed by atoms with Gasteiger partial charge in [-0.15, -0.1) is 21.5 Å². The molecule has 33 heavy (non-hydrogen) atoms. The van der Waals surface area contributed by atoms with Gasteiger partial charge in [0, 0.05) is 25.1 Å². The van der Waals surface area contributed by atoms with Crippen LogP contribution >= 0.6 is 22.7 Å². The van der Waals surface area contributed by atoms with Gasteiger partial charge in [0.2, 0.25) is 17.7 Å². The van der Waals surface area contributed by atoms with Gasteiger partial charge >= 0.3 is 4.87 Å². The number of hydrogen-bond donors (Lipinski definition) is 2. The van der Waals surface area contributed by atoms with E-state index in [0.717, 1.165) is 33.4 Å². The number of nitrogens with zero attached hydrogens (tertiary/aromatic N) is 5. The summed E-state index contributed by atoms with van der Waals surface area (Å²) in [6.07, 6.45) is 4.72. The second-order valence-corrected chi connectivity index (χ2v) is 11.6. The summed E-state index contributed by atoms with van der Waals surface area (Å²) in [5, 5.41) is 20.8. The lowest BCUT2D eigenvalue weighted by Crippen LogP contribution is -2.13. The predicted molar refractivity (Wildman–Crippen MR) is 122 cm³/mol. The van der Waals surface area contributed by atoms with E-state index in [2.05, 4.69) is 25.3 Å². The van der Waals surface area contributed by atoms with Crippen molar-refractivity contribution < 1.29 is 17.9 Å². The molecule has 14 heteroatoms. The van der Waals surface area contributed by atoms with Crippen LogP contribution in [-0.4, -0.2) is 49.7 Å². The molecule has 11 nitrogen and oxygen atoms in total. The molecule has 0 fully saturated rings. The van der Waals surface area contributed by atoms with E-state index in [1.807, 2.05) is 31.4 Å². The Morgan fingerprint density at radius 3 is 2.73 bits per heavy atom. The predicted octanol–water partition coefficient (Wildman–Crippen LogP) is 2.26. The van der Waals surface area contributed by atoms with Gasteiger partial charge in [-0.25, -0.2) is 13.4 Å². The molecule has 1 atom stereocenters. The molecule has 0 aliphatic rings. The lowest BCUT2D eigenvalue weighted by Gasteiger charge is -2.07. The smallest absolute Gasteiger partial charge is 0.307 e. The Balaban J connectivity index is 1.51. The monoisotopic (exact) mass is 504 g/mol. The van der Waals surface area contributed by atoms with Crippen LogP contribution in [0.25, 0.3) is 21.3 Å². The van der Waals surface area contributed by atoms with Crippen LogP contribution in [0, 0.1) is 0 Å². The Kier molecular flexibility index (Phi) is 5.14. The Bertz CT molecular complexity index is 1640. The highest BCUT2D eigenvalue weighted by Crippen LogP contribution is 2.36. The first-order chi connectivity index (χ1) is 15.7. The molecule has 4 aromatic heterocycles. The molecule has 0 spiro atoms. The van der Waals surface area contributed by atoms with Crippen molar-refractivity contribution in [1.29, 1.82) is 0 Å². The second-order valence-electron chi connectivity index (χ2n) is 7.34. The highest BCUT2D eigenvalue weighted by Gasteiger charge is 2.34. The van der Waals surface area contributed by atoms with E-state index < -0.39 is 20.0 Å². The van der Waals surface area contributed by atoms with Crippen LogP contribution in [0.3, 0.4) is 0 Å². The van der Waals surface area contributed by atoms with E-state index in [9.17, 15) is 18.3 Å². The number of thiazole rings is 2. The third-order valence-electron chi connectivity index (χ3n) is 4.81.